The van der Waals surface area contributed by atoms with E-state index in [-0.39, 0.29) is 6.54 Å². The van der Waals surface area contributed by atoms with Gasteiger partial charge >= 0.3 is 6.09 Å². The van der Waals surface area contributed by atoms with Gasteiger partial charge in [-0.3, -0.25) is 9.59 Å². The molecule has 2 atom stereocenters. The second-order valence-electron chi connectivity index (χ2n) is 11.2. The Labute approximate surface area is 244 Å². The van der Waals surface area contributed by atoms with E-state index in [1.807, 2.05) is 32.0 Å². The number of carbonyl (C=O) groups excluding carboxylic acids is 3. The molecular formula is C33H45N3O5. The number of anilines is 1. The van der Waals surface area contributed by atoms with Crippen LogP contribution in [0, 0.1) is 26.2 Å². The van der Waals surface area contributed by atoms with Crippen LogP contribution in [-0.4, -0.2) is 52.7 Å². The van der Waals surface area contributed by atoms with E-state index >= 15 is 0 Å². The summed E-state index contributed by atoms with van der Waals surface area (Å²) in [6, 6.07) is 10.3. The molecule has 0 radical (unpaired) electrons. The Balaban J connectivity index is 2.57. The number of nitrogens with zero attached hydrogens (tertiary/aromatic N) is 1. The minimum absolute atomic E-state index is 0.221. The van der Waals surface area contributed by atoms with Crippen molar-refractivity contribution in [3.05, 3.63) is 64.7 Å². The molecular weight excluding hydrogens is 518 g/mol. The number of alkyl carbamates (subject to hydrolysis) is 1. The molecule has 2 aromatic carbocycles. The van der Waals surface area contributed by atoms with Crippen LogP contribution in [0.4, 0.5) is 10.5 Å². The fraction of sp³-hybridized carbons (Fsp3) is 0.485. The number of aliphatic hydroxyl groups is 1. The van der Waals surface area contributed by atoms with Crippen molar-refractivity contribution in [3.8, 4) is 12.3 Å². The highest BCUT2D eigenvalue weighted by atomic mass is 16.6. The van der Waals surface area contributed by atoms with Crippen LogP contribution in [-0.2, 0) is 14.3 Å². The second kappa shape index (κ2) is 15.8. The quantitative estimate of drug-likeness (QED) is 0.216. The summed E-state index contributed by atoms with van der Waals surface area (Å²) >= 11 is 0. The summed E-state index contributed by atoms with van der Waals surface area (Å²) in [5.41, 5.74) is 2.56. The molecule has 8 heteroatoms. The fourth-order valence-electron chi connectivity index (χ4n) is 4.61. The predicted octanol–water partition coefficient (Wildman–Crippen LogP) is 5.65. The van der Waals surface area contributed by atoms with Crippen LogP contribution in [0.5, 0.6) is 0 Å². The van der Waals surface area contributed by atoms with Crippen molar-refractivity contribution in [2.24, 2.45) is 0 Å². The Morgan fingerprint density at radius 3 is 2.22 bits per heavy atom. The van der Waals surface area contributed by atoms with Crippen molar-refractivity contribution in [3.63, 3.8) is 0 Å². The molecule has 3 N–H and O–H groups in total. The molecule has 0 aromatic heterocycles. The third kappa shape index (κ3) is 9.94. The minimum atomic E-state index is -1.33. The third-order valence-electron chi connectivity index (χ3n) is 6.66. The maximum atomic E-state index is 14.1. The molecule has 0 heterocycles. The summed E-state index contributed by atoms with van der Waals surface area (Å²) < 4.78 is 5.32. The van der Waals surface area contributed by atoms with E-state index in [9.17, 15) is 19.5 Å². The molecule has 0 bridgehead atoms. The van der Waals surface area contributed by atoms with Gasteiger partial charge in [-0.05, 0) is 63.8 Å². The normalized spacial score (nSPS) is 12.5. The lowest BCUT2D eigenvalue weighted by molar-refractivity contribution is -0.141. The first kappa shape index (κ1) is 33.4. The Morgan fingerprint density at radius 1 is 1.00 bits per heavy atom. The van der Waals surface area contributed by atoms with E-state index in [1.165, 1.54) is 4.90 Å². The molecule has 41 heavy (non-hydrogen) atoms. The standard InChI is InChI=1S/C33H45N3O5/c1-8-10-11-12-15-21-36(31(39)27(22-37)34-32(40)41-33(5,6)7)29(26-20-14-13-19-25(26)9-2)30(38)35-28-23(3)17-16-18-24(28)4/h2,13-14,16-20,27,29,37H,8,10-12,15,21-22H2,1,3-7H3,(H,34,40)(H,35,38). The minimum Gasteiger partial charge on any atom is -0.444 e. The average Bonchev–Trinajstić information content (AvgIpc) is 2.91. The highest BCUT2D eigenvalue weighted by molar-refractivity contribution is 6.00. The number of aryl methyl sites for hydroxylation is 2. The molecule has 8 nitrogen and oxygen atoms in total. The number of hydrogen-bond donors (Lipinski definition) is 3. The van der Waals surface area contributed by atoms with Gasteiger partial charge in [0.2, 0.25) is 5.91 Å². The molecule has 3 amide bonds. The first-order valence-corrected chi connectivity index (χ1v) is 14.3. The lowest BCUT2D eigenvalue weighted by Crippen LogP contribution is -2.54. The van der Waals surface area contributed by atoms with E-state index in [1.54, 1.807) is 45.0 Å². The smallest absolute Gasteiger partial charge is 0.408 e. The van der Waals surface area contributed by atoms with Crippen molar-refractivity contribution in [2.45, 2.75) is 91.3 Å². The summed E-state index contributed by atoms with van der Waals surface area (Å²) in [5, 5.41) is 15.7. The average molecular weight is 564 g/mol. The summed E-state index contributed by atoms with van der Waals surface area (Å²) in [5.74, 6) is 1.59. The van der Waals surface area contributed by atoms with Crippen LogP contribution in [0.15, 0.2) is 42.5 Å². The van der Waals surface area contributed by atoms with Gasteiger partial charge in [-0.2, -0.15) is 0 Å². The first-order valence-electron chi connectivity index (χ1n) is 14.3. The Morgan fingerprint density at radius 2 is 1.63 bits per heavy atom. The van der Waals surface area contributed by atoms with Gasteiger partial charge < -0.3 is 25.4 Å². The highest BCUT2D eigenvalue weighted by Crippen LogP contribution is 2.29. The molecule has 0 aliphatic carbocycles. The molecule has 222 valence electrons. The van der Waals surface area contributed by atoms with Gasteiger partial charge in [-0.25, -0.2) is 4.79 Å². The highest BCUT2D eigenvalue weighted by Gasteiger charge is 2.37. The largest absolute Gasteiger partial charge is 0.444 e. The summed E-state index contributed by atoms with van der Waals surface area (Å²) in [4.78, 5) is 42.2. The molecule has 2 unspecified atom stereocenters. The number of amides is 3. The molecule has 0 fully saturated rings. The molecule has 0 aliphatic rings. The van der Waals surface area contributed by atoms with Gasteiger partial charge in [0.15, 0.2) is 0 Å². The van der Waals surface area contributed by atoms with Crippen LogP contribution in [0.25, 0.3) is 0 Å². The topological polar surface area (TPSA) is 108 Å². The van der Waals surface area contributed by atoms with Crippen molar-refractivity contribution < 1.29 is 24.2 Å². The predicted molar refractivity (Wildman–Crippen MR) is 162 cm³/mol. The van der Waals surface area contributed by atoms with E-state index in [4.69, 9.17) is 11.2 Å². The number of rotatable bonds is 13. The summed E-state index contributed by atoms with van der Waals surface area (Å²) in [6.07, 6.45) is 9.57. The molecule has 0 aliphatic heterocycles. The number of nitrogens with one attached hydrogen (secondary N) is 2. The molecule has 2 rings (SSSR count). The van der Waals surface area contributed by atoms with E-state index in [0.717, 1.165) is 36.8 Å². The Bertz CT molecular complexity index is 1210. The van der Waals surface area contributed by atoms with Crippen LogP contribution in [0.3, 0.4) is 0 Å². The van der Waals surface area contributed by atoms with Gasteiger partial charge in [-0.1, -0.05) is 74.9 Å². The number of aliphatic hydroxyl groups excluding tert-OH is 1. The Kier molecular flexibility index (Phi) is 12.9. The van der Waals surface area contributed by atoms with Crippen LogP contribution < -0.4 is 10.6 Å². The zero-order valence-corrected chi connectivity index (χ0v) is 25.3. The zero-order valence-electron chi connectivity index (χ0n) is 25.3. The Hall–Kier alpha value is -3.83. The van der Waals surface area contributed by atoms with Crippen molar-refractivity contribution in [1.82, 2.24) is 10.2 Å². The molecule has 0 saturated carbocycles. The monoisotopic (exact) mass is 563 g/mol. The van der Waals surface area contributed by atoms with Gasteiger partial charge in [0.05, 0.1) is 6.61 Å². The number of hydrogen-bond acceptors (Lipinski definition) is 5. The number of benzene rings is 2. The molecule has 0 spiro atoms. The van der Waals surface area contributed by atoms with Crippen molar-refractivity contribution in [1.29, 1.82) is 0 Å². The van der Waals surface area contributed by atoms with Gasteiger partial charge in [-0.15, -0.1) is 6.42 Å². The van der Waals surface area contributed by atoms with Crippen molar-refractivity contribution >= 4 is 23.6 Å². The maximum Gasteiger partial charge on any atom is 0.408 e. The zero-order chi connectivity index (χ0) is 30.6. The summed E-state index contributed by atoms with van der Waals surface area (Å²) in [7, 11) is 0. The van der Waals surface area contributed by atoms with Crippen LogP contribution >= 0.6 is 0 Å². The van der Waals surface area contributed by atoms with Gasteiger partial charge in [0.25, 0.3) is 5.91 Å². The molecule has 0 saturated heterocycles. The van der Waals surface area contributed by atoms with E-state index in [2.05, 4.69) is 23.5 Å². The number of para-hydroxylation sites is 1. The van der Waals surface area contributed by atoms with Crippen molar-refractivity contribution in [2.75, 3.05) is 18.5 Å². The summed E-state index contributed by atoms with van der Waals surface area (Å²) in [6.45, 7) is 10.6. The maximum absolute atomic E-state index is 14.1. The number of unbranched alkanes of at least 4 members (excludes halogenated alkanes) is 4. The number of terminal acetylenes is 1. The van der Waals surface area contributed by atoms with Crippen LogP contribution in [0.2, 0.25) is 0 Å². The van der Waals surface area contributed by atoms with Gasteiger partial charge in [0, 0.05) is 17.8 Å². The SMILES string of the molecule is C#Cc1ccccc1C(C(=O)Nc1c(C)cccc1C)N(CCCCCCC)C(=O)C(CO)NC(=O)OC(C)(C)C. The van der Waals surface area contributed by atoms with E-state index in [0.29, 0.717) is 23.2 Å². The molecule has 2 aromatic rings. The number of carbonyl (C=O) groups is 3. The third-order valence-corrected chi connectivity index (χ3v) is 6.66. The van der Waals surface area contributed by atoms with Gasteiger partial charge in [0.1, 0.15) is 17.7 Å². The second-order valence-corrected chi connectivity index (χ2v) is 11.2. The van der Waals surface area contributed by atoms with E-state index < -0.39 is 42.2 Å². The van der Waals surface area contributed by atoms with Crippen LogP contribution in [0.1, 0.15) is 88.1 Å². The number of ether oxygens (including phenoxy) is 1. The lowest BCUT2D eigenvalue weighted by Gasteiger charge is -2.35. The fourth-order valence-corrected chi connectivity index (χ4v) is 4.61. The lowest BCUT2D eigenvalue weighted by atomic mass is 9.96. The first-order chi connectivity index (χ1) is 19.4.